The Hall–Kier alpha value is -0.170. The Morgan fingerprint density at radius 3 is 2.60 bits per heavy atom. The zero-order valence-electron chi connectivity index (χ0n) is 13.3. The van der Waals surface area contributed by atoms with Gasteiger partial charge < -0.3 is 10.5 Å². The number of likely N-dealkylation sites (N-methyl/N-ethyl adjacent to an activating group) is 1. The van der Waals surface area contributed by atoms with E-state index in [1.807, 2.05) is 13.8 Å². The second-order valence-corrected chi connectivity index (χ2v) is 8.45. The second kappa shape index (κ2) is 7.20. The Kier molecular flexibility index (Phi) is 6.44. The van der Waals surface area contributed by atoms with Crippen LogP contribution in [0.3, 0.4) is 0 Å². The first kappa shape index (κ1) is 17.9. The summed E-state index contributed by atoms with van der Waals surface area (Å²) in [7, 11) is -1.65. The van der Waals surface area contributed by atoms with Gasteiger partial charge in [-0.1, -0.05) is 19.8 Å². The molecule has 1 aliphatic rings. The predicted molar refractivity (Wildman–Crippen MR) is 82.1 cm³/mol. The van der Waals surface area contributed by atoms with E-state index in [1.54, 1.807) is 7.05 Å². The van der Waals surface area contributed by atoms with Crippen LogP contribution in [-0.2, 0) is 14.8 Å². The quantitative estimate of drug-likeness (QED) is 0.775. The van der Waals surface area contributed by atoms with Crippen molar-refractivity contribution in [3.63, 3.8) is 0 Å². The summed E-state index contributed by atoms with van der Waals surface area (Å²) >= 11 is 0. The molecule has 1 saturated carbocycles. The van der Waals surface area contributed by atoms with Gasteiger partial charge in [-0.3, -0.25) is 0 Å². The van der Waals surface area contributed by atoms with E-state index in [9.17, 15) is 8.42 Å². The number of hydrogen-bond donors (Lipinski definition) is 1. The van der Waals surface area contributed by atoms with Gasteiger partial charge in [-0.05, 0) is 32.6 Å². The van der Waals surface area contributed by atoms with Crippen molar-refractivity contribution < 1.29 is 13.2 Å². The third-order valence-electron chi connectivity index (χ3n) is 4.33. The minimum atomic E-state index is -3.32. The summed E-state index contributed by atoms with van der Waals surface area (Å²) in [6, 6.07) is 0. The molecule has 120 valence electrons. The first-order valence-corrected chi connectivity index (χ1v) is 9.13. The lowest BCUT2D eigenvalue weighted by Crippen LogP contribution is -2.57. The van der Waals surface area contributed by atoms with Gasteiger partial charge >= 0.3 is 0 Å². The highest BCUT2D eigenvalue weighted by Crippen LogP contribution is 2.36. The Morgan fingerprint density at radius 2 is 2.10 bits per heavy atom. The third-order valence-corrected chi connectivity index (χ3v) is 6.23. The topological polar surface area (TPSA) is 72.6 Å². The molecule has 2 unspecified atom stereocenters. The van der Waals surface area contributed by atoms with Crippen molar-refractivity contribution in [2.75, 3.05) is 26.0 Å². The van der Waals surface area contributed by atoms with Crippen LogP contribution in [0.5, 0.6) is 0 Å². The molecule has 0 amide bonds. The molecule has 0 aromatic heterocycles. The van der Waals surface area contributed by atoms with Crippen LogP contribution in [0.1, 0.15) is 46.5 Å². The molecule has 2 atom stereocenters. The molecule has 2 N–H and O–H groups in total. The fourth-order valence-electron chi connectivity index (χ4n) is 3.05. The molecular weight excluding hydrogens is 276 g/mol. The Morgan fingerprint density at radius 1 is 1.45 bits per heavy atom. The molecule has 0 aromatic rings. The van der Waals surface area contributed by atoms with Crippen LogP contribution in [-0.4, -0.2) is 50.3 Å². The van der Waals surface area contributed by atoms with E-state index in [1.165, 1.54) is 4.31 Å². The summed E-state index contributed by atoms with van der Waals surface area (Å²) in [5, 5.41) is 0. The first-order valence-electron chi connectivity index (χ1n) is 7.52. The molecule has 1 fully saturated rings. The van der Waals surface area contributed by atoms with Crippen molar-refractivity contribution in [1.29, 1.82) is 0 Å². The summed E-state index contributed by atoms with van der Waals surface area (Å²) < 4.78 is 31.8. The smallest absolute Gasteiger partial charge is 0.216 e. The number of rotatable bonds is 7. The van der Waals surface area contributed by atoms with Crippen LogP contribution in [0.2, 0.25) is 0 Å². The maximum absolute atomic E-state index is 12.5. The van der Waals surface area contributed by atoms with Crippen molar-refractivity contribution in [1.82, 2.24) is 4.31 Å². The van der Waals surface area contributed by atoms with E-state index in [0.29, 0.717) is 12.5 Å². The van der Waals surface area contributed by atoms with Gasteiger partial charge in [0.05, 0.1) is 18.5 Å². The predicted octanol–water partition coefficient (Wildman–Crippen LogP) is 1.58. The Balaban J connectivity index is 2.76. The highest BCUT2D eigenvalue weighted by Gasteiger charge is 2.42. The van der Waals surface area contributed by atoms with Crippen LogP contribution in [0, 0.1) is 5.92 Å². The van der Waals surface area contributed by atoms with Crippen molar-refractivity contribution in [2.45, 2.75) is 58.1 Å². The molecule has 0 heterocycles. The maximum atomic E-state index is 12.5. The minimum Gasteiger partial charge on any atom is -0.378 e. The van der Waals surface area contributed by atoms with E-state index in [4.69, 9.17) is 10.5 Å². The fourth-order valence-corrected chi connectivity index (χ4v) is 4.46. The van der Waals surface area contributed by atoms with Gasteiger partial charge in [0, 0.05) is 19.1 Å². The lowest BCUT2D eigenvalue weighted by Gasteiger charge is -2.45. The standard InChI is InChI=1S/C14H30N2O3S/c1-12(2)19-8-9-20(17,18)16(4)14(11-15)7-5-6-13(3)10-14/h12-13H,5-11,15H2,1-4H3. The second-order valence-electron chi connectivity index (χ2n) is 6.33. The summed E-state index contributed by atoms with van der Waals surface area (Å²) in [4.78, 5) is 0. The van der Waals surface area contributed by atoms with Gasteiger partial charge in [-0.2, -0.15) is 4.31 Å². The first-order chi connectivity index (χ1) is 9.23. The molecule has 1 aliphatic carbocycles. The van der Waals surface area contributed by atoms with E-state index in [-0.39, 0.29) is 18.5 Å². The SMILES string of the molecule is CC1CCCC(CN)(N(C)S(=O)(=O)CCOC(C)C)C1. The van der Waals surface area contributed by atoms with Gasteiger partial charge in [0.25, 0.3) is 0 Å². The number of nitrogens with two attached hydrogens (primary N) is 1. The van der Waals surface area contributed by atoms with Gasteiger partial charge in [0.2, 0.25) is 10.0 Å². The average molecular weight is 306 g/mol. The number of ether oxygens (including phenoxy) is 1. The molecule has 1 rings (SSSR count). The van der Waals surface area contributed by atoms with Crippen molar-refractivity contribution >= 4 is 10.0 Å². The summed E-state index contributed by atoms with van der Waals surface area (Å²) in [5.74, 6) is 0.550. The van der Waals surface area contributed by atoms with Crippen molar-refractivity contribution in [3.8, 4) is 0 Å². The zero-order chi connectivity index (χ0) is 15.4. The maximum Gasteiger partial charge on any atom is 0.216 e. The van der Waals surface area contributed by atoms with E-state index >= 15 is 0 Å². The third kappa shape index (κ3) is 4.41. The van der Waals surface area contributed by atoms with Crippen molar-refractivity contribution in [2.24, 2.45) is 11.7 Å². The lowest BCUT2D eigenvalue weighted by atomic mass is 9.76. The molecule has 6 heteroatoms. The molecule has 0 aromatic carbocycles. The molecule has 0 saturated heterocycles. The van der Waals surface area contributed by atoms with Gasteiger partial charge in [-0.25, -0.2) is 8.42 Å². The highest BCUT2D eigenvalue weighted by atomic mass is 32.2. The molecule has 5 nitrogen and oxygen atoms in total. The normalized spacial score (nSPS) is 28.2. The summed E-state index contributed by atoms with van der Waals surface area (Å²) in [5.41, 5.74) is 5.53. The molecule has 0 bridgehead atoms. The largest absolute Gasteiger partial charge is 0.378 e. The van der Waals surface area contributed by atoms with Crippen LogP contribution >= 0.6 is 0 Å². The lowest BCUT2D eigenvalue weighted by molar-refractivity contribution is 0.0884. The molecular formula is C14H30N2O3S. The fraction of sp³-hybridized carbons (Fsp3) is 1.00. The van der Waals surface area contributed by atoms with Crippen LogP contribution < -0.4 is 5.73 Å². The monoisotopic (exact) mass is 306 g/mol. The Bertz CT molecular complexity index is 397. The van der Waals surface area contributed by atoms with Gasteiger partial charge in [-0.15, -0.1) is 0 Å². The van der Waals surface area contributed by atoms with Crippen LogP contribution in [0.4, 0.5) is 0 Å². The molecule has 0 aliphatic heterocycles. The van der Waals surface area contributed by atoms with E-state index in [0.717, 1.165) is 25.7 Å². The van der Waals surface area contributed by atoms with Crippen LogP contribution in [0.25, 0.3) is 0 Å². The van der Waals surface area contributed by atoms with Gasteiger partial charge in [0.15, 0.2) is 0 Å². The molecule has 0 radical (unpaired) electrons. The zero-order valence-corrected chi connectivity index (χ0v) is 14.1. The number of hydrogen-bond acceptors (Lipinski definition) is 4. The minimum absolute atomic E-state index is 0.0256. The highest BCUT2D eigenvalue weighted by molar-refractivity contribution is 7.89. The van der Waals surface area contributed by atoms with Gasteiger partial charge in [0.1, 0.15) is 0 Å². The number of nitrogens with zero attached hydrogens (tertiary/aromatic N) is 1. The van der Waals surface area contributed by atoms with E-state index in [2.05, 4.69) is 6.92 Å². The summed E-state index contributed by atoms with van der Waals surface area (Å²) in [6.45, 7) is 6.60. The Labute approximate surface area is 123 Å². The average Bonchev–Trinajstić information content (AvgIpc) is 2.37. The molecule has 20 heavy (non-hydrogen) atoms. The van der Waals surface area contributed by atoms with Crippen LogP contribution in [0.15, 0.2) is 0 Å². The van der Waals surface area contributed by atoms with E-state index < -0.39 is 15.6 Å². The molecule has 0 spiro atoms. The van der Waals surface area contributed by atoms with Crippen molar-refractivity contribution in [3.05, 3.63) is 0 Å². The number of sulfonamides is 1. The summed E-state index contributed by atoms with van der Waals surface area (Å²) in [6.07, 6.45) is 3.96.